The molecule has 0 aliphatic heterocycles. The molecular formula is C2H2Cl2O2. The highest BCUT2D eigenvalue weighted by molar-refractivity contribution is 6.54. The van der Waals surface area contributed by atoms with Crippen molar-refractivity contribution in [2.45, 2.75) is 4.52 Å². The molecule has 0 bridgehead atoms. The lowest BCUT2D eigenvalue weighted by molar-refractivity contribution is -0.113. The summed E-state index contributed by atoms with van der Waals surface area (Å²) in [4.78, 5) is 9.31. The van der Waals surface area contributed by atoms with E-state index in [2.05, 4.69) is 23.2 Å². The molecule has 2 nitrogen and oxygen atoms in total. The van der Waals surface area contributed by atoms with Crippen LogP contribution in [0.25, 0.3) is 0 Å². The zero-order chi connectivity index (χ0) is 5.21. The van der Waals surface area contributed by atoms with E-state index >= 15 is 0 Å². The van der Waals surface area contributed by atoms with E-state index in [0.717, 1.165) is 0 Å². The van der Waals surface area contributed by atoms with Crippen LogP contribution in [0.2, 0.25) is 0 Å². The Morgan fingerprint density at radius 1 is 1.67 bits per heavy atom. The Morgan fingerprint density at radius 3 is 1.83 bits per heavy atom. The molecule has 0 saturated carbocycles. The fourth-order valence-corrected chi connectivity index (χ4v) is 0. The fourth-order valence-electron chi connectivity index (χ4n) is 0. The van der Waals surface area contributed by atoms with Crippen LogP contribution in [0.5, 0.6) is 0 Å². The van der Waals surface area contributed by atoms with Crippen LogP contribution < -0.4 is 0 Å². The van der Waals surface area contributed by atoms with Crippen molar-refractivity contribution in [3.8, 4) is 0 Å². The van der Waals surface area contributed by atoms with E-state index in [9.17, 15) is 4.79 Å². The van der Waals surface area contributed by atoms with Crippen LogP contribution in [-0.4, -0.2) is 15.9 Å². The van der Waals surface area contributed by atoms with Crippen molar-refractivity contribution in [2.24, 2.45) is 0 Å². The molecule has 0 aliphatic carbocycles. The maximum atomic E-state index is 9.31. The topological polar surface area (TPSA) is 37.3 Å². The third-order valence-electron chi connectivity index (χ3n) is 0.142. The first-order chi connectivity index (χ1) is 2.56. The van der Waals surface area contributed by atoms with Gasteiger partial charge in [0.1, 0.15) is 0 Å². The average Bonchev–Trinajstić information content (AvgIpc) is 1.35. The second-order valence-electron chi connectivity index (χ2n) is 0.706. The van der Waals surface area contributed by atoms with E-state index in [1.165, 1.54) is 0 Å². The van der Waals surface area contributed by atoms with Crippen molar-refractivity contribution in [1.82, 2.24) is 0 Å². The summed E-state index contributed by atoms with van der Waals surface area (Å²) in [5.74, 6) is 0. The van der Waals surface area contributed by atoms with Crippen LogP contribution in [0, 0.1) is 0 Å². The number of hydrogen-bond donors (Lipinski definition) is 1. The highest BCUT2D eigenvalue weighted by Gasteiger charge is 2.15. The smallest absolute Gasteiger partial charge is 0.272 e. The summed E-state index contributed by atoms with van der Waals surface area (Å²) in [6.07, 6.45) is 0.0239. The minimum atomic E-state index is -2.19. The molecule has 0 radical (unpaired) electrons. The summed E-state index contributed by atoms with van der Waals surface area (Å²) in [5.41, 5.74) is 0. The third kappa shape index (κ3) is 4.21. The van der Waals surface area contributed by atoms with Crippen molar-refractivity contribution >= 4 is 29.5 Å². The summed E-state index contributed by atoms with van der Waals surface area (Å²) >= 11 is 9.34. The van der Waals surface area contributed by atoms with Gasteiger partial charge in [-0.1, -0.05) is 23.2 Å². The van der Waals surface area contributed by atoms with Gasteiger partial charge in [0.2, 0.25) is 0 Å². The summed E-state index contributed by atoms with van der Waals surface area (Å²) in [5, 5.41) is 7.99. The summed E-state index contributed by atoms with van der Waals surface area (Å²) in [7, 11) is 0. The Hall–Kier alpha value is 0.210. The molecule has 0 saturated heterocycles. The van der Waals surface area contributed by atoms with Gasteiger partial charge in [0.25, 0.3) is 4.52 Å². The Kier molecular flexibility index (Phi) is 1.84. The summed E-state index contributed by atoms with van der Waals surface area (Å²) in [6.45, 7) is 0. The van der Waals surface area contributed by atoms with Gasteiger partial charge >= 0.3 is 0 Å². The first-order valence-corrected chi connectivity index (χ1v) is 1.88. The largest absolute Gasteiger partial charge is 0.357 e. The molecule has 6 heavy (non-hydrogen) atoms. The second-order valence-corrected chi connectivity index (χ2v) is 2.05. The number of halogens is 2. The minimum absolute atomic E-state index is 0.0239. The van der Waals surface area contributed by atoms with Crippen molar-refractivity contribution in [1.29, 1.82) is 0 Å². The fraction of sp³-hybridized carbons (Fsp3) is 0.500. The quantitative estimate of drug-likeness (QED) is 0.408. The van der Waals surface area contributed by atoms with Crippen molar-refractivity contribution in [3.63, 3.8) is 0 Å². The predicted molar refractivity (Wildman–Crippen MR) is 22.7 cm³/mol. The Labute approximate surface area is 44.7 Å². The molecule has 0 aliphatic rings. The molecule has 0 spiro atoms. The average molecular weight is 129 g/mol. The monoisotopic (exact) mass is 128 g/mol. The third-order valence-corrected chi connectivity index (χ3v) is 0.320. The van der Waals surface area contributed by atoms with E-state index in [1.54, 1.807) is 0 Å². The molecule has 0 aromatic rings. The summed E-state index contributed by atoms with van der Waals surface area (Å²) < 4.78 is -2.19. The maximum absolute atomic E-state index is 9.31. The lowest BCUT2D eigenvalue weighted by Crippen LogP contribution is -2.11. The number of rotatable bonds is 1. The number of alkyl halides is 2. The number of aliphatic hydroxyl groups is 1. The minimum Gasteiger partial charge on any atom is -0.357 e. The molecule has 0 amide bonds. The van der Waals surface area contributed by atoms with Crippen molar-refractivity contribution in [2.75, 3.05) is 0 Å². The van der Waals surface area contributed by atoms with Gasteiger partial charge in [-0.05, 0) is 0 Å². The number of hydrogen-bond acceptors (Lipinski definition) is 2. The maximum Gasteiger partial charge on any atom is 0.272 e. The molecule has 0 aromatic carbocycles. The Bertz CT molecular complexity index is 55.1. The van der Waals surface area contributed by atoms with Gasteiger partial charge in [0, 0.05) is 0 Å². The molecule has 0 heterocycles. The molecule has 0 fully saturated rings. The van der Waals surface area contributed by atoms with E-state index < -0.39 is 4.52 Å². The molecule has 0 unspecified atom stereocenters. The normalized spacial score (nSPS) is 11.2. The highest BCUT2D eigenvalue weighted by atomic mass is 35.5. The summed E-state index contributed by atoms with van der Waals surface area (Å²) in [6, 6.07) is 0. The van der Waals surface area contributed by atoms with Gasteiger partial charge in [0.05, 0.1) is 0 Å². The first-order valence-electron chi connectivity index (χ1n) is 1.13. The van der Waals surface area contributed by atoms with Crippen LogP contribution in [0.4, 0.5) is 0 Å². The van der Waals surface area contributed by atoms with E-state index in [1.807, 2.05) is 0 Å². The van der Waals surface area contributed by atoms with Crippen LogP contribution >= 0.6 is 23.2 Å². The van der Waals surface area contributed by atoms with Gasteiger partial charge < -0.3 is 5.11 Å². The standard InChI is InChI=1S/C2H2Cl2O2/c3-2(4,6)1-5/h1,6H. The molecular weight excluding hydrogens is 127 g/mol. The zero-order valence-electron chi connectivity index (χ0n) is 2.69. The van der Waals surface area contributed by atoms with Crippen molar-refractivity contribution in [3.05, 3.63) is 0 Å². The second kappa shape index (κ2) is 1.78. The predicted octanol–water partition coefficient (Wildman–Crippen LogP) is 0.309. The van der Waals surface area contributed by atoms with E-state index in [-0.39, 0.29) is 6.29 Å². The van der Waals surface area contributed by atoms with Crippen LogP contribution in [0.3, 0.4) is 0 Å². The Balaban J connectivity index is 3.45. The van der Waals surface area contributed by atoms with Crippen LogP contribution in [0.15, 0.2) is 0 Å². The van der Waals surface area contributed by atoms with Crippen molar-refractivity contribution < 1.29 is 9.90 Å². The van der Waals surface area contributed by atoms with E-state index in [0.29, 0.717) is 0 Å². The van der Waals surface area contributed by atoms with Gasteiger partial charge in [0.15, 0.2) is 6.29 Å². The molecule has 0 aromatic heterocycles. The van der Waals surface area contributed by atoms with Crippen LogP contribution in [-0.2, 0) is 4.79 Å². The molecule has 0 atom stereocenters. The Morgan fingerprint density at radius 2 is 1.83 bits per heavy atom. The molecule has 4 heteroatoms. The van der Waals surface area contributed by atoms with Gasteiger partial charge in [-0.2, -0.15) is 0 Å². The SMILES string of the molecule is O=CC(O)(Cl)Cl. The van der Waals surface area contributed by atoms with E-state index in [4.69, 9.17) is 5.11 Å². The van der Waals surface area contributed by atoms with Crippen LogP contribution in [0.1, 0.15) is 0 Å². The lowest BCUT2D eigenvalue weighted by Gasteiger charge is -1.95. The lowest BCUT2D eigenvalue weighted by atomic mass is 10.8. The van der Waals surface area contributed by atoms with Gasteiger partial charge in [-0.25, -0.2) is 0 Å². The number of aldehydes is 1. The zero-order valence-corrected chi connectivity index (χ0v) is 4.20. The van der Waals surface area contributed by atoms with Gasteiger partial charge in [-0.15, -0.1) is 0 Å². The highest BCUT2D eigenvalue weighted by Crippen LogP contribution is 2.10. The first kappa shape index (κ1) is 6.21. The number of carbonyl (C=O) groups is 1. The molecule has 1 N–H and O–H groups in total. The molecule has 36 valence electrons. The van der Waals surface area contributed by atoms with Gasteiger partial charge in [-0.3, -0.25) is 4.79 Å². The number of carbonyl (C=O) groups excluding carboxylic acids is 1. The molecule has 0 rings (SSSR count).